The van der Waals surface area contributed by atoms with E-state index in [1.54, 1.807) is 38.3 Å². The largest absolute Gasteiger partial charge is 0.497 e. The minimum absolute atomic E-state index is 0.109. The lowest BCUT2D eigenvalue weighted by atomic mass is 9.90. The van der Waals surface area contributed by atoms with Crippen LogP contribution in [0.3, 0.4) is 0 Å². The Hall–Kier alpha value is -2.82. The fraction of sp³-hybridized carbons (Fsp3) is 0.263. The average molecular weight is 326 g/mol. The van der Waals surface area contributed by atoms with Crippen molar-refractivity contribution in [1.29, 1.82) is 0 Å². The summed E-state index contributed by atoms with van der Waals surface area (Å²) in [7, 11) is 1.57. The Morgan fingerprint density at radius 2 is 1.96 bits per heavy atom. The van der Waals surface area contributed by atoms with E-state index in [1.807, 2.05) is 6.07 Å². The fourth-order valence-corrected chi connectivity index (χ4v) is 3.00. The Balaban J connectivity index is 2.09. The monoisotopic (exact) mass is 326 g/mol. The highest BCUT2D eigenvalue weighted by Gasteiger charge is 2.26. The number of carbonyl (C=O) groups excluding carboxylic acids is 1. The van der Waals surface area contributed by atoms with Crippen molar-refractivity contribution in [3.05, 3.63) is 58.1 Å². The second kappa shape index (κ2) is 6.35. The SMILES string of the molecule is COc1ccc(C(=O)c2c(C)c(CC(=O)O)cc3c2OCC3)cc1. The van der Waals surface area contributed by atoms with Crippen LogP contribution in [0, 0.1) is 6.92 Å². The zero-order valence-corrected chi connectivity index (χ0v) is 13.6. The summed E-state index contributed by atoms with van der Waals surface area (Å²) in [6.07, 6.45) is 0.577. The number of hydrogen-bond acceptors (Lipinski definition) is 4. The molecule has 5 nitrogen and oxygen atoms in total. The van der Waals surface area contributed by atoms with Crippen molar-refractivity contribution in [2.24, 2.45) is 0 Å². The molecular formula is C19H18O5. The number of rotatable bonds is 5. The number of aliphatic carboxylic acids is 1. The van der Waals surface area contributed by atoms with Crippen LogP contribution in [0.4, 0.5) is 0 Å². The number of carboxylic acids is 1. The van der Waals surface area contributed by atoms with Crippen molar-refractivity contribution in [1.82, 2.24) is 0 Å². The molecule has 5 heteroatoms. The molecule has 1 aliphatic rings. The summed E-state index contributed by atoms with van der Waals surface area (Å²) in [4.78, 5) is 24.1. The van der Waals surface area contributed by atoms with Gasteiger partial charge in [0.15, 0.2) is 5.78 Å². The second-order valence-electron chi connectivity index (χ2n) is 5.75. The van der Waals surface area contributed by atoms with Gasteiger partial charge in [0.25, 0.3) is 0 Å². The van der Waals surface area contributed by atoms with Crippen LogP contribution in [-0.2, 0) is 17.6 Å². The predicted octanol–water partition coefficient (Wildman–Crippen LogP) is 2.80. The van der Waals surface area contributed by atoms with E-state index in [1.165, 1.54) is 0 Å². The first-order chi connectivity index (χ1) is 11.5. The molecule has 1 heterocycles. The molecule has 0 bridgehead atoms. The number of benzene rings is 2. The number of carboxylic acid groups (broad SMARTS) is 1. The number of fused-ring (bicyclic) bond motifs is 1. The summed E-state index contributed by atoms with van der Waals surface area (Å²) in [6, 6.07) is 8.70. The zero-order chi connectivity index (χ0) is 17.3. The summed E-state index contributed by atoms with van der Waals surface area (Å²) in [5, 5.41) is 9.11. The van der Waals surface area contributed by atoms with Crippen LogP contribution in [0.1, 0.15) is 32.6 Å². The van der Waals surface area contributed by atoms with Gasteiger partial charge < -0.3 is 14.6 Å². The normalized spacial score (nSPS) is 12.4. The number of ketones is 1. The lowest BCUT2D eigenvalue weighted by Gasteiger charge is -2.14. The summed E-state index contributed by atoms with van der Waals surface area (Å²) in [5.41, 5.74) is 3.20. The Kier molecular flexibility index (Phi) is 4.25. The summed E-state index contributed by atoms with van der Waals surface area (Å²) in [5.74, 6) is 0.173. The molecule has 0 spiro atoms. The van der Waals surface area contributed by atoms with Gasteiger partial charge in [-0.25, -0.2) is 0 Å². The van der Waals surface area contributed by atoms with Gasteiger partial charge in [-0.15, -0.1) is 0 Å². The first kappa shape index (κ1) is 16.1. The van der Waals surface area contributed by atoms with E-state index >= 15 is 0 Å². The van der Waals surface area contributed by atoms with E-state index < -0.39 is 5.97 Å². The van der Waals surface area contributed by atoms with Crippen molar-refractivity contribution >= 4 is 11.8 Å². The Morgan fingerprint density at radius 1 is 1.25 bits per heavy atom. The smallest absolute Gasteiger partial charge is 0.307 e. The zero-order valence-electron chi connectivity index (χ0n) is 13.6. The van der Waals surface area contributed by atoms with Gasteiger partial charge in [-0.1, -0.05) is 6.07 Å². The Bertz CT molecular complexity index is 805. The van der Waals surface area contributed by atoms with Crippen LogP contribution in [-0.4, -0.2) is 30.6 Å². The highest BCUT2D eigenvalue weighted by Crippen LogP contribution is 2.36. The molecule has 24 heavy (non-hydrogen) atoms. The fourth-order valence-electron chi connectivity index (χ4n) is 3.00. The van der Waals surface area contributed by atoms with Gasteiger partial charge in [0.05, 0.1) is 25.7 Å². The number of carbonyl (C=O) groups is 2. The molecule has 0 unspecified atom stereocenters. The molecule has 2 aromatic carbocycles. The molecular weight excluding hydrogens is 308 g/mol. The van der Waals surface area contributed by atoms with Crippen LogP contribution in [0.5, 0.6) is 11.5 Å². The third kappa shape index (κ3) is 2.85. The van der Waals surface area contributed by atoms with Gasteiger partial charge >= 0.3 is 5.97 Å². The van der Waals surface area contributed by atoms with Crippen LogP contribution in [0.2, 0.25) is 0 Å². The third-order valence-corrected chi connectivity index (χ3v) is 4.26. The van der Waals surface area contributed by atoms with Gasteiger partial charge in [0.1, 0.15) is 11.5 Å². The van der Waals surface area contributed by atoms with Crippen molar-refractivity contribution in [3.8, 4) is 11.5 Å². The molecule has 0 fully saturated rings. The van der Waals surface area contributed by atoms with E-state index in [0.29, 0.717) is 46.8 Å². The first-order valence-corrected chi connectivity index (χ1v) is 7.70. The van der Waals surface area contributed by atoms with Crippen LogP contribution in [0.25, 0.3) is 0 Å². The summed E-state index contributed by atoms with van der Waals surface area (Å²) >= 11 is 0. The molecule has 1 N–H and O–H groups in total. The van der Waals surface area contributed by atoms with Crippen molar-refractivity contribution in [2.75, 3.05) is 13.7 Å². The average Bonchev–Trinajstić information content (AvgIpc) is 3.02. The van der Waals surface area contributed by atoms with Crippen LogP contribution in [0.15, 0.2) is 30.3 Å². The Morgan fingerprint density at radius 3 is 2.58 bits per heavy atom. The van der Waals surface area contributed by atoms with E-state index in [-0.39, 0.29) is 12.2 Å². The number of methoxy groups -OCH3 is 1. The Labute approximate surface area is 139 Å². The predicted molar refractivity (Wildman–Crippen MR) is 88.1 cm³/mol. The number of ether oxygens (including phenoxy) is 2. The molecule has 0 saturated carbocycles. The van der Waals surface area contributed by atoms with Crippen molar-refractivity contribution < 1.29 is 24.2 Å². The maximum Gasteiger partial charge on any atom is 0.307 e. The molecule has 3 rings (SSSR count). The van der Waals surface area contributed by atoms with Gasteiger partial charge in [0.2, 0.25) is 0 Å². The van der Waals surface area contributed by atoms with Gasteiger partial charge in [-0.2, -0.15) is 0 Å². The van der Waals surface area contributed by atoms with E-state index in [2.05, 4.69) is 0 Å². The molecule has 0 aliphatic carbocycles. The molecule has 124 valence electrons. The number of hydrogen-bond donors (Lipinski definition) is 1. The maximum atomic E-state index is 13.0. The molecule has 1 aliphatic heterocycles. The van der Waals surface area contributed by atoms with Crippen molar-refractivity contribution in [2.45, 2.75) is 19.8 Å². The summed E-state index contributed by atoms with van der Waals surface area (Å²) < 4.78 is 10.8. The van der Waals surface area contributed by atoms with E-state index in [4.69, 9.17) is 14.6 Å². The molecule has 0 amide bonds. The van der Waals surface area contributed by atoms with Crippen LogP contribution < -0.4 is 9.47 Å². The van der Waals surface area contributed by atoms with Crippen LogP contribution >= 0.6 is 0 Å². The highest BCUT2D eigenvalue weighted by molar-refractivity contribution is 6.12. The standard InChI is InChI=1S/C19H18O5/c1-11-14(10-16(20)21)9-13-7-8-24-19(13)17(11)18(22)12-3-5-15(23-2)6-4-12/h3-6,9H,7-8,10H2,1-2H3,(H,20,21). The molecule has 0 saturated heterocycles. The second-order valence-corrected chi connectivity index (χ2v) is 5.75. The third-order valence-electron chi connectivity index (χ3n) is 4.26. The first-order valence-electron chi connectivity index (χ1n) is 7.70. The van der Waals surface area contributed by atoms with Gasteiger partial charge in [-0.05, 0) is 47.9 Å². The molecule has 2 aromatic rings. The van der Waals surface area contributed by atoms with Gasteiger partial charge in [0, 0.05) is 12.0 Å². The van der Waals surface area contributed by atoms with Gasteiger partial charge in [-0.3, -0.25) is 9.59 Å². The lowest BCUT2D eigenvalue weighted by molar-refractivity contribution is -0.136. The van der Waals surface area contributed by atoms with Crippen molar-refractivity contribution in [3.63, 3.8) is 0 Å². The maximum absolute atomic E-state index is 13.0. The van der Waals surface area contributed by atoms with E-state index in [9.17, 15) is 9.59 Å². The molecule has 0 atom stereocenters. The topological polar surface area (TPSA) is 72.8 Å². The minimum atomic E-state index is -0.917. The molecule has 0 radical (unpaired) electrons. The summed E-state index contributed by atoms with van der Waals surface area (Å²) in [6.45, 7) is 2.28. The minimum Gasteiger partial charge on any atom is -0.497 e. The lowest BCUT2D eigenvalue weighted by Crippen LogP contribution is -2.10. The van der Waals surface area contributed by atoms with E-state index in [0.717, 1.165) is 5.56 Å². The quantitative estimate of drug-likeness (QED) is 0.855. The molecule has 0 aromatic heterocycles. The highest BCUT2D eigenvalue weighted by atomic mass is 16.5.